The lowest BCUT2D eigenvalue weighted by molar-refractivity contribution is -0.132. The predicted molar refractivity (Wildman–Crippen MR) is 136 cm³/mol. The van der Waals surface area contributed by atoms with Crippen LogP contribution in [0.3, 0.4) is 0 Å². The highest BCUT2D eigenvalue weighted by Crippen LogP contribution is 2.30. The number of aliphatic imine (C=N–C) groups is 1. The van der Waals surface area contributed by atoms with E-state index in [4.69, 9.17) is 9.47 Å². The molecule has 0 saturated heterocycles. The SMILES string of the molecule is CN=C(NCCCC(=O)N1CCc2ccccc2C1)NCC1COc2ccccc2O1.I. The van der Waals surface area contributed by atoms with E-state index in [1.165, 1.54) is 11.1 Å². The van der Waals surface area contributed by atoms with Crippen LogP contribution in [0.5, 0.6) is 11.5 Å². The fourth-order valence-corrected chi connectivity index (χ4v) is 3.91. The molecule has 8 heteroatoms. The molecule has 1 unspecified atom stereocenters. The van der Waals surface area contributed by atoms with E-state index in [-0.39, 0.29) is 36.0 Å². The van der Waals surface area contributed by atoms with Crippen molar-refractivity contribution in [1.82, 2.24) is 15.5 Å². The third kappa shape index (κ3) is 6.27. The van der Waals surface area contributed by atoms with Gasteiger partial charge in [0.05, 0.1) is 6.54 Å². The molecule has 2 aliphatic heterocycles. The number of ether oxygens (including phenoxy) is 2. The van der Waals surface area contributed by atoms with Gasteiger partial charge < -0.3 is 25.0 Å². The van der Waals surface area contributed by atoms with Gasteiger partial charge in [-0.25, -0.2) is 0 Å². The smallest absolute Gasteiger partial charge is 0.222 e. The van der Waals surface area contributed by atoms with Gasteiger partial charge in [0, 0.05) is 33.1 Å². The molecule has 0 radical (unpaired) electrons. The summed E-state index contributed by atoms with van der Waals surface area (Å²) >= 11 is 0. The quantitative estimate of drug-likeness (QED) is 0.251. The van der Waals surface area contributed by atoms with E-state index in [9.17, 15) is 4.79 Å². The number of nitrogens with one attached hydrogen (secondary N) is 2. The second-order valence-electron chi connectivity index (χ2n) is 7.82. The maximum Gasteiger partial charge on any atom is 0.222 e. The predicted octanol–water partition coefficient (Wildman–Crippen LogP) is 2.97. The van der Waals surface area contributed by atoms with Gasteiger partial charge in [-0.2, -0.15) is 0 Å². The van der Waals surface area contributed by atoms with Gasteiger partial charge in [0.1, 0.15) is 12.7 Å². The highest BCUT2D eigenvalue weighted by atomic mass is 127. The van der Waals surface area contributed by atoms with Crippen LogP contribution in [0.2, 0.25) is 0 Å². The second-order valence-corrected chi connectivity index (χ2v) is 7.82. The third-order valence-corrected chi connectivity index (χ3v) is 5.63. The van der Waals surface area contributed by atoms with Gasteiger partial charge in [0.15, 0.2) is 17.5 Å². The molecule has 2 N–H and O–H groups in total. The van der Waals surface area contributed by atoms with Crippen LogP contribution in [-0.4, -0.2) is 56.2 Å². The van der Waals surface area contributed by atoms with E-state index in [1.54, 1.807) is 7.05 Å². The molecule has 32 heavy (non-hydrogen) atoms. The van der Waals surface area contributed by atoms with Crippen molar-refractivity contribution in [3.63, 3.8) is 0 Å². The number of para-hydroxylation sites is 2. The Morgan fingerprint density at radius 3 is 2.66 bits per heavy atom. The molecular weight excluding hydrogens is 519 g/mol. The fourth-order valence-electron chi connectivity index (χ4n) is 3.91. The zero-order chi connectivity index (χ0) is 21.5. The van der Waals surface area contributed by atoms with Crippen molar-refractivity contribution in [2.24, 2.45) is 4.99 Å². The lowest BCUT2D eigenvalue weighted by Crippen LogP contribution is -2.45. The van der Waals surface area contributed by atoms with Gasteiger partial charge in [-0.05, 0) is 36.1 Å². The van der Waals surface area contributed by atoms with Crippen molar-refractivity contribution >= 4 is 35.8 Å². The summed E-state index contributed by atoms with van der Waals surface area (Å²) in [6.07, 6.45) is 2.14. The Labute approximate surface area is 206 Å². The molecule has 7 nitrogen and oxygen atoms in total. The first-order valence-corrected chi connectivity index (χ1v) is 10.9. The molecule has 1 atom stereocenters. The molecule has 0 fully saturated rings. The summed E-state index contributed by atoms with van der Waals surface area (Å²) in [4.78, 5) is 18.8. The van der Waals surface area contributed by atoms with Crippen LogP contribution >= 0.6 is 24.0 Å². The molecule has 4 rings (SSSR count). The molecule has 0 saturated carbocycles. The number of carbonyl (C=O) groups excluding carboxylic acids is 1. The van der Waals surface area contributed by atoms with Crippen LogP contribution in [0.25, 0.3) is 0 Å². The highest BCUT2D eigenvalue weighted by Gasteiger charge is 2.21. The molecule has 0 aromatic heterocycles. The van der Waals surface area contributed by atoms with Crippen molar-refractivity contribution in [3.05, 3.63) is 59.7 Å². The summed E-state index contributed by atoms with van der Waals surface area (Å²) < 4.78 is 11.7. The van der Waals surface area contributed by atoms with Crippen molar-refractivity contribution in [2.75, 3.05) is 33.3 Å². The minimum absolute atomic E-state index is 0. The Kier molecular flexibility index (Phi) is 9.01. The molecule has 1 amide bonds. The van der Waals surface area contributed by atoms with Crippen LogP contribution < -0.4 is 20.1 Å². The molecule has 0 spiro atoms. The van der Waals surface area contributed by atoms with E-state index in [1.807, 2.05) is 35.2 Å². The summed E-state index contributed by atoms with van der Waals surface area (Å²) in [5.74, 6) is 2.46. The summed E-state index contributed by atoms with van der Waals surface area (Å²) in [6, 6.07) is 16.1. The number of fused-ring (bicyclic) bond motifs is 2. The third-order valence-electron chi connectivity index (χ3n) is 5.63. The standard InChI is InChI=1S/C24H30N4O3.HI/c1-25-24(27-15-20-17-30-21-9-4-5-10-22(21)31-20)26-13-6-11-23(29)28-14-12-18-7-2-3-8-19(18)16-28;/h2-5,7-10,20H,6,11-17H2,1H3,(H2,25,26,27);1H. The number of guanidine groups is 1. The maximum absolute atomic E-state index is 12.6. The maximum atomic E-state index is 12.6. The Morgan fingerprint density at radius 1 is 1.09 bits per heavy atom. The summed E-state index contributed by atoms with van der Waals surface area (Å²) in [5.41, 5.74) is 2.63. The second kappa shape index (κ2) is 11.9. The van der Waals surface area contributed by atoms with Crippen LogP contribution in [0.15, 0.2) is 53.5 Å². The molecule has 0 bridgehead atoms. The Hall–Kier alpha value is -2.49. The van der Waals surface area contributed by atoms with Gasteiger partial charge >= 0.3 is 0 Å². The first kappa shape index (κ1) is 24.2. The van der Waals surface area contributed by atoms with Crippen LogP contribution in [0, 0.1) is 0 Å². The van der Waals surface area contributed by atoms with Gasteiger partial charge in [0.2, 0.25) is 5.91 Å². The van der Waals surface area contributed by atoms with Crippen LogP contribution in [0.4, 0.5) is 0 Å². The monoisotopic (exact) mass is 550 g/mol. The normalized spacial score (nSPS) is 17.1. The van der Waals surface area contributed by atoms with Gasteiger partial charge in [0.25, 0.3) is 0 Å². The number of amides is 1. The number of nitrogens with zero attached hydrogens (tertiary/aromatic N) is 2. The summed E-state index contributed by atoms with van der Waals surface area (Å²) in [5, 5.41) is 6.54. The molecule has 2 aromatic rings. The number of carbonyl (C=O) groups is 1. The average molecular weight is 550 g/mol. The van der Waals surface area contributed by atoms with Gasteiger partial charge in [-0.3, -0.25) is 9.79 Å². The first-order chi connectivity index (χ1) is 15.2. The number of halogens is 1. The number of benzene rings is 2. The lowest BCUT2D eigenvalue weighted by Gasteiger charge is -2.29. The lowest BCUT2D eigenvalue weighted by atomic mass is 9.99. The number of hydrogen-bond acceptors (Lipinski definition) is 4. The van der Waals surface area contributed by atoms with Crippen molar-refractivity contribution in [2.45, 2.75) is 31.9 Å². The topological polar surface area (TPSA) is 75.2 Å². The van der Waals surface area contributed by atoms with E-state index in [2.05, 4.69) is 33.8 Å². The summed E-state index contributed by atoms with van der Waals surface area (Å²) in [7, 11) is 1.74. The minimum atomic E-state index is -0.0861. The molecule has 2 aromatic carbocycles. The Bertz CT molecular complexity index is 937. The van der Waals surface area contributed by atoms with E-state index < -0.39 is 0 Å². The number of rotatable bonds is 6. The molecule has 0 aliphatic carbocycles. The fraction of sp³-hybridized carbons (Fsp3) is 0.417. The molecular formula is C24H31IN4O3. The van der Waals surface area contributed by atoms with Crippen LogP contribution in [-0.2, 0) is 17.8 Å². The van der Waals surface area contributed by atoms with E-state index >= 15 is 0 Å². The zero-order valence-electron chi connectivity index (χ0n) is 18.4. The minimum Gasteiger partial charge on any atom is -0.486 e. The van der Waals surface area contributed by atoms with Crippen molar-refractivity contribution in [1.29, 1.82) is 0 Å². The first-order valence-electron chi connectivity index (χ1n) is 10.9. The van der Waals surface area contributed by atoms with E-state index in [0.717, 1.165) is 37.4 Å². The summed E-state index contributed by atoms with van der Waals surface area (Å²) in [6.45, 7) is 3.28. The molecule has 2 aliphatic rings. The van der Waals surface area contributed by atoms with Crippen molar-refractivity contribution in [3.8, 4) is 11.5 Å². The molecule has 172 valence electrons. The van der Waals surface area contributed by atoms with Gasteiger partial charge in [-0.1, -0.05) is 36.4 Å². The largest absolute Gasteiger partial charge is 0.486 e. The Balaban J connectivity index is 0.00000289. The number of hydrogen-bond donors (Lipinski definition) is 2. The van der Waals surface area contributed by atoms with Crippen LogP contribution in [0.1, 0.15) is 24.0 Å². The highest BCUT2D eigenvalue weighted by molar-refractivity contribution is 14.0. The average Bonchev–Trinajstić information content (AvgIpc) is 2.83. The zero-order valence-corrected chi connectivity index (χ0v) is 20.7. The Morgan fingerprint density at radius 2 is 1.84 bits per heavy atom. The van der Waals surface area contributed by atoms with E-state index in [0.29, 0.717) is 32.1 Å². The van der Waals surface area contributed by atoms with Crippen molar-refractivity contribution < 1.29 is 14.3 Å². The molecule has 2 heterocycles. The van der Waals surface area contributed by atoms with Gasteiger partial charge in [-0.15, -0.1) is 24.0 Å².